The number of nitrogens with zero attached hydrogens (tertiary/aromatic N) is 1. The maximum atomic E-state index is 12.2. The molecule has 0 spiro atoms. The van der Waals surface area contributed by atoms with Crippen molar-refractivity contribution in [1.29, 1.82) is 0 Å². The molecule has 1 aromatic carbocycles. The third-order valence-corrected chi connectivity index (χ3v) is 3.45. The van der Waals surface area contributed by atoms with Gasteiger partial charge in [-0.2, -0.15) is 0 Å². The molecule has 0 aliphatic heterocycles. The van der Waals surface area contributed by atoms with Gasteiger partial charge in [0.1, 0.15) is 23.9 Å². The first kappa shape index (κ1) is 17.6. The summed E-state index contributed by atoms with van der Waals surface area (Å²) < 4.78 is 21.0. The number of nitrogens with one attached hydrogen (secondary N) is 2. The lowest BCUT2D eigenvalue weighted by atomic mass is 10.1. The lowest BCUT2D eigenvalue weighted by Crippen LogP contribution is -2.20. The van der Waals surface area contributed by atoms with Crippen molar-refractivity contribution >= 4 is 17.5 Å². The van der Waals surface area contributed by atoms with E-state index < -0.39 is 6.03 Å². The first-order valence-corrected chi connectivity index (χ1v) is 7.96. The average Bonchev–Trinajstić information content (AvgIpc) is 3.28. The number of furan rings is 1. The van der Waals surface area contributed by atoms with Crippen molar-refractivity contribution in [3.63, 3.8) is 0 Å². The number of aryl methyl sites for hydroxylation is 1. The largest absolute Gasteiger partial charge is 0.491 e. The molecule has 0 aliphatic rings. The molecule has 2 heterocycles. The molecule has 0 radical (unpaired) electrons. The van der Waals surface area contributed by atoms with Gasteiger partial charge in [0.05, 0.1) is 18.6 Å². The minimum atomic E-state index is -0.445. The molecule has 0 atom stereocenters. The first-order valence-electron chi connectivity index (χ1n) is 7.96. The summed E-state index contributed by atoms with van der Waals surface area (Å²) in [6, 6.07) is 10.1. The zero-order valence-corrected chi connectivity index (χ0v) is 14.4. The predicted octanol–water partition coefficient (Wildman–Crippen LogP) is 3.91. The van der Waals surface area contributed by atoms with Gasteiger partial charge >= 0.3 is 6.03 Å². The van der Waals surface area contributed by atoms with Crippen molar-refractivity contribution in [2.45, 2.75) is 6.92 Å². The molecule has 3 rings (SSSR count). The van der Waals surface area contributed by atoms with Gasteiger partial charge in [-0.05, 0) is 37.3 Å². The van der Waals surface area contributed by atoms with Crippen LogP contribution in [0.2, 0.25) is 0 Å². The molecule has 0 saturated carbocycles. The van der Waals surface area contributed by atoms with Crippen LogP contribution in [0, 0.1) is 6.92 Å². The van der Waals surface area contributed by atoms with E-state index in [1.165, 1.54) is 0 Å². The van der Waals surface area contributed by atoms with E-state index in [1.807, 2.05) is 0 Å². The number of carbonyl (C=O) groups is 1. The van der Waals surface area contributed by atoms with Gasteiger partial charge in [-0.1, -0.05) is 5.16 Å². The van der Waals surface area contributed by atoms with Crippen LogP contribution in [0.15, 0.2) is 51.6 Å². The maximum Gasteiger partial charge on any atom is 0.324 e. The van der Waals surface area contributed by atoms with Crippen LogP contribution in [0.1, 0.15) is 5.76 Å². The lowest BCUT2D eigenvalue weighted by Gasteiger charge is -2.12. The second-order valence-corrected chi connectivity index (χ2v) is 5.43. The molecular formula is C18H19N3O5. The summed E-state index contributed by atoms with van der Waals surface area (Å²) in [5, 5.41) is 9.11. The minimum Gasteiger partial charge on any atom is -0.491 e. The van der Waals surface area contributed by atoms with Crippen molar-refractivity contribution < 1.29 is 23.2 Å². The van der Waals surface area contributed by atoms with Crippen molar-refractivity contribution in [3.8, 4) is 17.1 Å². The zero-order chi connectivity index (χ0) is 18.4. The number of carbonyl (C=O) groups excluding carboxylic acids is 1. The summed E-state index contributed by atoms with van der Waals surface area (Å²) in [7, 11) is 1.61. The van der Waals surface area contributed by atoms with Crippen LogP contribution in [0.3, 0.4) is 0 Å². The molecular weight excluding hydrogens is 338 g/mol. The normalized spacial score (nSPS) is 10.5. The Morgan fingerprint density at radius 2 is 2.08 bits per heavy atom. The number of rotatable bonds is 7. The second kappa shape index (κ2) is 8.21. The van der Waals surface area contributed by atoms with E-state index >= 15 is 0 Å². The standard InChI is InChI=1S/C18H19N3O5/c1-12-10-17(21-26-12)20-18(22)19-15-6-5-13(24-9-8-23-2)11-14(15)16-4-3-7-25-16/h3-7,10-11H,8-9H2,1-2H3,(H2,19,20,21,22). The van der Waals surface area contributed by atoms with Crippen molar-refractivity contribution in [2.24, 2.45) is 0 Å². The molecule has 2 amide bonds. The number of amides is 2. The Bertz CT molecular complexity index is 858. The van der Waals surface area contributed by atoms with E-state index in [0.717, 1.165) is 0 Å². The Hall–Kier alpha value is -3.26. The van der Waals surface area contributed by atoms with E-state index in [-0.39, 0.29) is 0 Å². The predicted molar refractivity (Wildman–Crippen MR) is 95.4 cm³/mol. The molecule has 2 N–H and O–H groups in total. The van der Waals surface area contributed by atoms with Crippen LogP contribution in [0.5, 0.6) is 5.75 Å². The van der Waals surface area contributed by atoms with Gasteiger partial charge in [-0.15, -0.1) is 0 Å². The monoisotopic (exact) mass is 357 g/mol. The molecule has 0 fully saturated rings. The Morgan fingerprint density at radius 1 is 1.19 bits per heavy atom. The quantitative estimate of drug-likeness (QED) is 0.622. The number of benzene rings is 1. The number of methoxy groups -OCH3 is 1. The number of aromatic nitrogens is 1. The second-order valence-electron chi connectivity index (χ2n) is 5.43. The number of ether oxygens (including phenoxy) is 2. The van der Waals surface area contributed by atoms with Crippen LogP contribution in [-0.2, 0) is 4.74 Å². The van der Waals surface area contributed by atoms with Gasteiger partial charge in [0.25, 0.3) is 0 Å². The van der Waals surface area contributed by atoms with Crippen LogP contribution in [0.25, 0.3) is 11.3 Å². The Labute approximate surface area is 150 Å². The van der Waals surface area contributed by atoms with E-state index in [1.54, 1.807) is 56.7 Å². The summed E-state index contributed by atoms with van der Waals surface area (Å²) >= 11 is 0. The third kappa shape index (κ3) is 4.42. The fourth-order valence-corrected chi connectivity index (χ4v) is 2.30. The molecule has 8 nitrogen and oxygen atoms in total. The molecule has 2 aromatic heterocycles. The highest BCUT2D eigenvalue weighted by atomic mass is 16.5. The molecule has 8 heteroatoms. The highest BCUT2D eigenvalue weighted by Crippen LogP contribution is 2.32. The van der Waals surface area contributed by atoms with Gasteiger partial charge in [-0.25, -0.2) is 4.79 Å². The topological polar surface area (TPSA) is 98.8 Å². The summed E-state index contributed by atoms with van der Waals surface area (Å²) in [5.41, 5.74) is 1.26. The van der Waals surface area contributed by atoms with Gasteiger partial charge in [-0.3, -0.25) is 5.32 Å². The van der Waals surface area contributed by atoms with Crippen LogP contribution in [-0.4, -0.2) is 31.5 Å². The number of anilines is 2. The fraction of sp³-hybridized carbons (Fsp3) is 0.222. The SMILES string of the molecule is COCCOc1ccc(NC(=O)Nc2cc(C)on2)c(-c2ccco2)c1. The molecule has 26 heavy (non-hydrogen) atoms. The molecule has 0 bridgehead atoms. The van der Waals surface area contributed by atoms with Crippen molar-refractivity contribution in [2.75, 3.05) is 31.0 Å². The summed E-state index contributed by atoms with van der Waals surface area (Å²) in [4.78, 5) is 12.2. The Morgan fingerprint density at radius 3 is 2.77 bits per heavy atom. The number of hydrogen-bond acceptors (Lipinski definition) is 6. The van der Waals surface area contributed by atoms with Crippen molar-refractivity contribution in [1.82, 2.24) is 5.16 Å². The maximum absolute atomic E-state index is 12.2. The molecule has 3 aromatic rings. The summed E-state index contributed by atoms with van der Waals surface area (Å²) in [5.74, 6) is 2.19. The van der Waals surface area contributed by atoms with Crippen LogP contribution >= 0.6 is 0 Å². The molecule has 136 valence electrons. The van der Waals surface area contributed by atoms with E-state index in [2.05, 4.69) is 15.8 Å². The smallest absolute Gasteiger partial charge is 0.324 e. The van der Waals surface area contributed by atoms with Crippen LogP contribution in [0.4, 0.5) is 16.3 Å². The highest BCUT2D eigenvalue weighted by molar-refractivity contribution is 6.01. The van der Waals surface area contributed by atoms with E-state index in [9.17, 15) is 4.79 Å². The molecule has 0 aliphatic carbocycles. The summed E-state index contributed by atoms with van der Waals surface area (Å²) in [6.45, 7) is 2.65. The Kier molecular flexibility index (Phi) is 5.55. The average molecular weight is 357 g/mol. The fourth-order valence-electron chi connectivity index (χ4n) is 2.30. The van der Waals surface area contributed by atoms with E-state index in [0.29, 0.717) is 47.6 Å². The summed E-state index contributed by atoms with van der Waals surface area (Å²) in [6.07, 6.45) is 1.57. The highest BCUT2D eigenvalue weighted by Gasteiger charge is 2.13. The van der Waals surface area contributed by atoms with Gasteiger partial charge in [0, 0.05) is 18.7 Å². The minimum absolute atomic E-state index is 0.332. The third-order valence-electron chi connectivity index (χ3n) is 3.45. The zero-order valence-electron chi connectivity index (χ0n) is 14.4. The van der Waals surface area contributed by atoms with E-state index in [4.69, 9.17) is 18.4 Å². The molecule has 0 saturated heterocycles. The lowest BCUT2D eigenvalue weighted by molar-refractivity contribution is 0.146. The van der Waals surface area contributed by atoms with Gasteiger partial charge < -0.3 is 23.7 Å². The Balaban J connectivity index is 1.77. The number of urea groups is 1. The number of hydrogen-bond donors (Lipinski definition) is 2. The van der Waals surface area contributed by atoms with Crippen molar-refractivity contribution in [3.05, 3.63) is 48.4 Å². The van der Waals surface area contributed by atoms with Crippen LogP contribution < -0.4 is 15.4 Å². The van der Waals surface area contributed by atoms with Gasteiger partial charge in [0.2, 0.25) is 0 Å². The molecule has 0 unspecified atom stereocenters. The van der Waals surface area contributed by atoms with Gasteiger partial charge in [0.15, 0.2) is 5.82 Å². The first-order chi connectivity index (χ1) is 12.7.